The molecule has 2 N–H and O–H groups in total. The molecule has 2 amide bonds. The summed E-state index contributed by atoms with van der Waals surface area (Å²) in [6, 6.07) is 2.74. The Morgan fingerprint density at radius 1 is 1.38 bits per heavy atom. The maximum absolute atomic E-state index is 11.4. The summed E-state index contributed by atoms with van der Waals surface area (Å²) in [4.78, 5) is 24.2. The highest BCUT2D eigenvalue weighted by Crippen LogP contribution is 2.38. The van der Waals surface area contributed by atoms with Gasteiger partial charge in [-0.25, -0.2) is 9.59 Å². The molecule has 1 aromatic carbocycles. The van der Waals surface area contributed by atoms with Crippen molar-refractivity contribution in [2.24, 2.45) is 0 Å². The molecule has 0 bridgehead atoms. The van der Waals surface area contributed by atoms with E-state index in [-0.39, 0.29) is 30.7 Å². The summed E-state index contributed by atoms with van der Waals surface area (Å²) in [5.41, 5.74) is 0.00474. The Kier molecular flexibility index (Phi) is 3.43. The third kappa shape index (κ3) is 2.64. The molecular formula is C13H14N2O6. The number of amides is 2. The van der Waals surface area contributed by atoms with Gasteiger partial charge < -0.3 is 29.5 Å². The number of rotatable bonds is 5. The molecule has 8 heteroatoms. The minimum Gasteiger partial charge on any atom is -0.491 e. The van der Waals surface area contributed by atoms with Crippen LogP contribution in [-0.2, 0) is 0 Å². The van der Waals surface area contributed by atoms with Crippen molar-refractivity contribution in [1.82, 2.24) is 10.2 Å². The fourth-order valence-corrected chi connectivity index (χ4v) is 2.20. The summed E-state index contributed by atoms with van der Waals surface area (Å²) < 4.78 is 15.8. The summed E-state index contributed by atoms with van der Waals surface area (Å²) in [6.07, 6.45) is 0. The minimum absolute atomic E-state index is 0.00474. The first-order valence-electron chi connectivity index (χ1n) is 6.47. The van der Waals surface area contributed by atoms with Gasteiger partial charge in [-0.1, -0.05) is 0 Å². The van der Waals surface area contributed by atoms with Gasteiger partial charge in [0, 0.05) is 25.2 Å². The van der Waals surface area contributed by atoms with Crippen LogP contribution in [0.5, 0.6) is 17.2 Å². The molecule has 8 nitrogen and oxygen atoms in total. The van der Waals surface area contributed by atoms with E-state index in [4.69, 9.17) is 14.2 Å². The highest BCUT2D eigenvalue weighted by molar-refractivity contribution is 5.92. The molecule has 112 valence electrons. The maximum atomic E-state index is 11.4. The molecule has 1 aromatic rings. The first-order chi connectivity index (χ1) is 10.1. The molecule has 1 fully saturated rings. The Morgan fingerprint density at radius 3 is 2.81 bits per heavy atom. The van der Waals surface area contributed by atoms with E-state index in [9.17, 15) is 14.7 Å². The molecule has 0 spiro atoms. The second kappa shape index (κ2) is 5.39. The van der Waals surface area contributed by atoms with Crippen LogP contribution in [0, 0.1) is 0 Å². The maximum Gasteiger partial charge on any atom is 0.339 e. The number of carbonyl (C=O) groups excluding carboxylic acids is 1. The van der Waals surface area contributed by atoms with Gasteiger partial charge in [0.2, 0.25) is 6.79 Å². The fourth-order valence-electron chi connectivity index (χ4n) is 2.20. The number of carboxylic acids is 1. The van der Waals surface area contributed by atoms with Gasteiger partial charge >= 0.3 is 12.0 Å². The summed E-state index contributed by atoms with van der Waals surface area (Å²) in [6.45, 7) is 1.89. The van der Waals surface area contributed by atoms with Crippen LogP contribution >= 0.6 is 0 Å². The molecule has 2 aliphatic rings. The average Bonchev–Trinajstić information content (AvgIpc) is 3.06. The summed E-state index contributed by atoms with van der Waals surface area (Å²) >= 11 is 0. The van der Waals surface area contributed by atoms with E-state index in [2.05, 4.69) is 5.32 Å². The molecule has 21 heavy (non-hydrogen) atoms. The number of fused-ring (bicyclic) bond motifs is 1. The molecule has 0 saturated carbocycles. The van der Waals surface area contributed by atoms with Crippen molar-refractivity contribution < 1.29 is 28.9 Å². The van der Waals surface area contributed by atoms with Gasteiger partial charge in [-0.05, 0) is 0 Å². The quantitative estimate of drug-likeness (QED) is 0.821. The van der Waals surface area contributed by atoms with Gasteiger partial charge in [0.25, 0.3) is 0 Å². The van der Waals surface area contributed by atoms with E-state index in [0.29, 0.717) is 31.1 Å². The fraction of sp³-hybridized carbons (Fsp3) is 0.385. The minimum atomic E-state index is -1.11. The van der Waals surface area contributed by atoms with Crippen molar-refractivity contribution >= 4 is 12.0 Å². The van der Waals surface area contributed by atoms with E-state index < -0.39 is 5.97 Å². The smallest absolute Gasteiger partial charge is 0.339 e. The molecule has 1 saturated heterocycles. The van der Waals surface area contributed by atoms with Gasteiger partial charge in [-0.3, -0.25) is 0 Å². The number of carboxylic acid groups (broad SMARTS) is 1. The first kappa shape index (κ1) is 13.3. The lowest BCUT2D eigenvalue weighted by molar-refractivity contribution is 0.0691. The van der Waals surface area contributed by atoms with Crippen LogP contribution in [0.4, 0.5) is 4.79 Å². The Balaban J connectivity index is 1.69. The molecule has 2 aliphatic heterocycles. The number of carbonyl (C=O) groups is 2. The van der Waals surface area contributed by atoms with Crippen molar-refractivity contribution in [1.29, 1.82) is 0 Å². The number of hydrogen-bond donors (Lipinski definition) is 2. The third-order valence-electron chi connectivity index (χ3n) is 3.27. The monoisotopic (exact) mass is 294 g/mol. The van der Waals surface area contributed by atoms with Crippen molar-refractivity contribution in [3.8, 4) is 17.2 Å². The number of nitrogens with one attached hydrogen (secondary N) is 1. The van der Waals surface area contributed by atoms with Gasteiger partial charge in [-0.15, -0.1) is 0 Å². The van der Waals surface area contributed by atoms with Gasteiger partial charge in [-0.2, -0.15) is 0 Å². The SMILES string of the molecule is O=C(O)c1cc2c(cc1OCCN1CCNC1=O)OCO2. The predicted octanol–water partition coefficient (Wildman–Crippen LogP) is 0.518. The zero-order chi connectivity index (χ0) is 14.8. The largest absolute Gasteiger partial charge is 0.491 e. The highest BCUT2D eigenvalue weighted by Gasteiger charge is 2.23. The lowest BCUT2D eigenvalue weighted by Gasteiger charge is -2.15. The normalized spacial score (nSPS) is 16.0. The summed E-state index contributed by atoms with van der Waals surface area (Å²) in [5, 5.41) is 11.9. The van der Waals surface area contributed by atoms with Gasteiger partial charge in [0.15, 0.2) is 11.5 Å². The van der Waals surface area contributed by atoms with Crippen LogP contribution in [0.3, 0.4) is 0 Å². The summed E-state index contributed by atoms with van der Waals surface area (Å²) in [5.74, 6) is -0.0684. The molecule has 0 unspecified atom stereocenters. The Hall–Kier alpha value is -2.64. The van der Waals surface area contributed by atoms with Crippen LogP contribution in [0.1, 0.15) is 10.4 Å². The van der Waals surface area contributed by atoms with E-state index in [1.54, 1.807) is 4.90 Å². The Bertz CT molecular complexity index is 588. The number of benzene rings is 1. The van der Waals surface area contributed by atoms with Gasteiger partial charge in [0.05, 0.1) is 6.54 Å². The molecular weight excluding hydrogens is 280 g/mol. The van der Waals surface area contributed by atoms with Crippen LogP contribution in [-0.4, -0.2) is 55.0 Å². The van der Waals surface area contributed by atoms with E-state index in [1.807, 2.05) is 0 Å². The number of ether oxygens (including phenoxy) is 3. The van der Waals surface area contributed by atoms with Gasteiger partial charge in [0.1, 0.15) is 17.9 Å². The second-order valence-electron chi connectivity index (χ2n) is 4.57. The van der Waals surface area contributed by atoms with Crippen molar-refractivity contribution in [2.75, 3.05) is 33.0 Å². The number of urea groups is 1. The molecule has 0 aliphatic carbocycles. The third-order valence-corrected chi connectivity index (χ3v) is 3.27. The lowest BCUT2D eigenvalue weighted by Crippen LogP contribution is -2.32. The highest BCUT2D eigenvalue weighted by atomic mass is 16.7. The Labute approximate surface area is 120 Å². The van der Waals surface area contributed by atoms with Crippen LogP contribution in [0.25, 0.3) is 0 Å². The molecule has 0 aromatic heterocycles. The van der Waals surface area contributed by atoms with E-state index >= 15 is 0 Å². The molecule has 0 radical (unpaired) electrons. The van der Waals surface area contributed by atoms with Crippen LogP contribution in [0.2, 0.25) is 0 Å². The zero-order valence-electron chi connectivity index (χ0n) is 11.1. The van der Waals surface area contributed by atoms with E-state index in [1.165, 1.54) is 12.1 Å². The molecule has 3 rings (SSSR count). The lowest BCUT2D eigenvalue weighted by atomic mass is 10.2. The topological polar surface area (TPSA) is 97.3 Å². The molecule has 0 atom stereocenters. The Morgan fingerprint density at radius 2 is 2.14 bits per heavy atom. The number of nitrogens with zero attached hydrogens (tertiary/aromatic N) is 1. The standard InChI is InChI=1S/C13H14N2O6/c16-12(17)8-5-10-11(21-7-20-10)6-9(8)19-4-3-15-2-1-14-13(15)18/h5-6H,1-4,7H2,(H,14,18)(H,16,17). The second-order valence-corrected chi connectivity index (χ2v) is 4.57. The number of aromatic carboxylic acids is 1. The zero-order valence-corrected chi connectivity index (χ0v) is 11.1. The van der Waals surface area contributed by atoms with Crippen LogP contribution in [0.15, 0.2) is 12.1 Å². The average molecular weight is 294 g/mol. The van der Waals surface area contributed by atoms with Crippen molar-refractivity contribution in [3.05, 3.63) is 17.7 Å². The number of hydrogen-bond acceptors (Lipinski definition) is 5. The first-order valence-corrected chi connectivity index (χ1v) is 6.47. The van der Waals surface area contributed by atoms with Crippen molar-refractivity contribution in [2.45, 2.75) is 0 Å². The summed E-state index contributed by atoms with van der Waals surface area (Å²) in [7, 11) is 0. The van der Waals surface area contributed by atoms with E-state index in [0.717, 1.165) is 0 Å². The van der Waals surface area contributed by atoms with Crippen molar-refractivity contribution in [3.63, 3.8) is 0 Å². The van der Waals surface area contributed by atoms with Crippen LogP contribution < -0.4 is 19.5 Å². The predicted molar refractivity (Wildman–Crippen MR) is 70.0 cm³/mol. The molecule has 2 heterocycles.